The van der Waals surface area contributed by atoms with Gasteiger partial charge in [-0.05, 0) is 104 Å². The predicted molar refractivity (Wildman–Crippen MR) is 121 cm³/mol. The summed E-state index contributed by atoms with van der Waals surface area (Å²) in [5, 5.41) is 11.3. The van der Waals surface area contributed by atoms with Crippen molar-refractivity contribution in [3.05, 3.63) is 35.9 Å². The fraction of sp³-hybridized carbons (Fsp3) is 0.714. The highest BCUT2D eigenvalue weighted by Gasteiger charge is 2.61. The number of methoxy groups -OCH3 is 1. The summed E-state index contributed by atoms with van der Waals surface area (Å²) in [7, 11) is 1.92. The van der Waals surface area contributed by atoms with Crippen LogP contribution in [0.3, 0.4) is 0 Å². The molecule has 2 heteroatoms. The van der Waals surface area contributed by atoms with E-state index in [1.54, 1.807) is 0 Å². The number of aliphatic hydroxyl groups is 1. The molecule has 0 heterocycles. The minimum absolute atomic E-state index is 0.371. The molecule has 162 valence electrons. The number of ether oxygens (including phenoxy) is 1. The van der Waals surface area contributed by atoms with Crippen molar-refractivity contribution in [3.8, 4) is 11.8 Å². The Morgan fingerprint density at radius 2 is 1.67 bits per heavy atom. The van der Waals surface area contributed by atoms with E-state index in [2.05, 4.69) is 25.7 Å². The summed E-state index contributed by atoms with van der Waals surface area (Å²) < 4.78 is 5.94. The third kappa shape index (κ3) is 3.16. The molecule has 4 aliphatic carbocycles. The Hall–Kier alpha value is -1.30. The normalized spacial score (nSPS) is 47.4. The van der Waals surface area contributed by atoms with Crippen molar-refractivity contribution >= 4 is 0 Å². The van der Waals surface area contributed by atoms with Crippen LogP contribution in [0.1, 0.15) is 77.2 Å². The number of rotatable bonds is 1. The summed E-state index contributed by atoms with van der Waals surface area (Å²) in [6.45, 7) is 5.08. The number of hydrogen-bond acceptors (Lipinski definition) is 2. The zero-order chi connectivity index (χ0) is 21.0. The summed E-state index contributed by atoms with van der Waals surface area (Å²) in [6, 6.07) is 10.1. The van der Waals surface area contributed by atoms with Gasteiger partial charge < -0.3 is 9.84 Å². The third-order valence-corrected chi connectivity index (χ3v) is 10.1. The van der Waals surface area contributed by atoms with Gasteiger partial charge in [-0.15, -0.1) is 0 Å². The predicted octanol–water partition coefficient (Wildman–Crippen LogP) is 5.83. The van der Waals surface area contributed by atoms with Gasteiger partial charge in [-0.1, -0.05) is 43.9 Å². The molecule has 0 bridgehead atoms. The lowest BCUT2D eigenvalue weighted by Crippen LogP contribution is -2.56. The lowest BCUT2D eigenvalue weighted by molar-refractivity contribution is -0.146. The fourth-order valence-corrected chi connectivity index (χ4v) is 8.41. The molecule has 0 spiro atoms. The molecule has 5 rings (SSSR count). The maximum Gasteiger partial charge on any atom is 0.126 e. The zero-order valence-corrected chi connectivity index (χ0v) is 19.0. The molecule has 8 atom stereocenters. The van der Waals surface area contributed by atoms with Gasteiger partial charge in [0, 0.05) is 12.7 Å². The molecule has 0 amide bonds. The van der Waals surface area contributed by atoms with Crippen molar-refractivity contribution in [3.63, 3.8) is 0 Å². The highest BCUT2D eigenvalue weighted by atomic mass is 16.5. The van der Waals surface area contributed by atoms with E-state index in [0.29, 0.717) is 22.9 Å². The Morgan fingerprint density at radius 3 is 2.43 bits per heavy atom. The van der Waals surface area contributed by atoms with Crippen LogP contribution in [0.4, 0.5) is 0 Å². The van der Waals surface area contributed by atoms with E-state index in [1.807, 2.05) is 37.4 Å². The van der Waals surface area contributed by atoms with Crippen molar-refractivity contribution in [1.29, 1.82) is 0 Å². The fourth-order valence-electron chi connectivity index (χ4n) is 8.41. The Kier molecular flexibility index (Phi) is 5.07. The largest absolute Gasteiger partial charge is 0.381 e. The smallest absolute Gasteiger partial charge is 0.126 e. The molecule has 0 radical (unpaired) electrons. The maximum absolute atomic E-state index is 11.3. The molecule has 1 N–H and O–H groups in total. The first-order valence-corrected chi connectivity index (χ1v) is 12.2. The van der Waals surface area contributed by atoms with Gasteiger partial charge in [0.05, 0.1) is 6.10 Å². The highest BCUT2D eigenvalue weighted by Crippen LogP contribution is 2.67. The minimum atomic E-state index is -0.815. The Bertz CT molecular complexity index is 837. The van der Waals surface area contributed by atoms with E-state index in [1.165, 1.54) is 38.5 Å². The number of hydrogen-bond donors (Lipinski definition) is 1. The highest BCUT2D eigenvalue weighted by molar-refractivity contribution is 5.36. The Balaban J connectivity index is 1.35. The first-order valence-electron chi connectivity index (χ1n) is 12.2. The van der Waals surface area contributed by atoms with Crippen LogP contribution < -0.4 is 0 Å². The number of fused-ring (bicyclic) bond motifs is 5. The van der Waals surface area contributed by atoms with E-state index in [4.69, 9.17) is 4.74 Å². The van der Waals surface area contributed by atoms with Gasteiger partial charge in [-0.25, -0.2) is 0 Å². The topological polar surface area (TPSA) is 29.5 Å². The quantitative estimate of drug-likeness (QED) is 0.595. The summed E-state index contributed by atoms with van der Waals surface area (Å²) in [5.74, 6) is 9.64. The molecule has 2 nitrogen and oxygen atoms in total. The van der Waals surface area contributed by atoms with Gasteiger partial charge in [0.1, 0.15) is 5.60 Å². The maximum atomic E-state index is 11.3. The van der Waals surface area contributed by atoms with Gasteiger partial charge in [-0.2, -0.15) is 0 Å². The summed E-state index contributed by atoms with van der Waals surface area (Å²) in [4.78, 5) is 0. The van der Waals surface area contributed by atoms with Gasteiger partial charge in [-0.3, -0.25) is 0 Å². The lowest BCUT2D eigenvalue weighted by atomic mass is 9.44. The van der Waals surface area contributed by atoms with E-state index in [0.717, 1.165) is 42.6 Å². The first-order chi connectivity index (χ1) is 14.4. The molecular formula is C28H38O2. The Morgan fingerprint density at radius 1 is 0.900 bits per heavy atom. The van der Waals surface area contributed by atoms with Crippen molar-refractivity contribution in [1.82, 2.24) is 0 Å². The molecule has 4 fully saturated rings. The van der Waals surface area contributed by atoms with Gasteiger partial charge >= 0.3 is 0 Å². The molecular weight excluding hydrogens is 368 g/mol. The van der Waals surface area contributed by atoms with Crippen molar-refractivity contribution in [2.24, 2.45) is 34.5 Å². The van der Waals surface area contributed by atoms with E-state index in [-0.39, 0.29) is 0 Å². The molecule has 0 aromatic heterocycles. The average molecular weight is 407 g/mol. The molecule has 0 saturated heterocycles. The second-order valence-corrected chi connectivity index (χ2v) is 11.4. The third-order valence-electron chi connectivity index (χ3n) is 10.1. The summed E-state index contributed by atoms with van der Waals surface area (Å²) in [6.07, 6.45) is 11.1. The second-order valence-electron chi connectivity index (χ2n) is 11.4. The van der Waals surface area contributed by atoms with Crippen LogP contribution in [0, 0.1) is 46.3 Å². The van der Waals surface area contributed by atoms with Crippen LogP contribution in [-0.2, 0) is 4.74 Å². The molecule has 4 aliphatic rings. The lowest BCUT2D eigenvalue weighted by Gasteiger charge is -2.61. The molecule has 1 aromatic carbocycles. The standard InChI is InChI=1S/C28H38O2/c1-26-17-18-28(29,16-13-20-7-5-4-6-8-20)19-21(26)9-10-22-23-11-12-25(30-3)27(23,2)15-14-24(22)26/h4-8,21-25,29H,9-12,14-15,17-19H2,1-3H3/t21-,22-,23-,24-,25-,26-,27-,28+/m0/s1. The summed E-state index contributed by atoms with van der Waals surface area (Å²) >= 11 is 0. The van der Waals surface area contributed by atoms with E-state index >= 15 is 0 Å². The second kappa shape index (κ2) is 7.39. The molecule has 4 saturated carbocycles. The molecule has 30 heavy (non-hydrogen) atoms. The Labute approximate surface area is 182 Å². The monoisotopic (exact) mass is 406 g/mol. The van der Waals surface area contributed by atoms with Gasteiger partial charge in [0.15, 0.2) is 0 Å². The zero-order valence-electron chi connectivity index (χ0n) is 19.0. The van der Waals surface area contributed by atoms with Crippen molar-refractivity contribution < 1.29 is 9.84 Å². The van der Waals surface area contributed by atoms with Gasteiger partial charge in [0.2, 0.25) is 0 Å². The average Bonchev–Trinajstić information content (AvgIpc) is 3.10. The van der Waals surface area contributed by atoms with Crippen LogP contribution in [0.15, 0.2) is 30.3 Å². The molecule has 1 aromatic rings. The van der Waals surface area contributed by atoms with Crippen LogP contribution >= 0.6 is 0 Å². The molecule has 0 aliphatic heterocycles. The minimum Gasteiger partial charge on any atom is -0.381 e. The first kappa shape index (κ1) is 20.6. The van der Waals surface area contributed by atoms with Crippen molar-refractivity contribution in [2.45, 2.75) is 83.3 Å². The van der Waals surface area contributed by atoms with Crippen LogP contribution in [0.5, 0.6) is 0 Å². The summed E-state index contributed by atoms with van der Waals surface area (Å²) in [5.41, 5.74) is 0.944. The van der Waals surface area contributed by atoms with Crippen molar-refractivity contribution in [2.75, 3.05) is 7.11 Å². The van der Waals surface area contributed by atoms with Crippen LogP contribution in [-0.4, -0.2) is 23.9 Å². The van der Waals surface area contributed by atoms with Crippen LogP contribution in [0.2, 0.25) is 0 Å². The number of benzene rings is 1. The van der Waals surface area contributed by atoms with Gasteiger partial charge in [0.25, 0.3) is 0 Å². The van der Waals surface area contributed by atoms with E-state index in [9.17, 15) is 5.11 Å². The van der Waals surface area contributed by atoms with E-state index < -0.39 is 5.60 Å². The van der Waals surface area contributed by atoms with Crippen LogP contribution in [0.25, 0.3) is 0 Å². The SMILES string of the molecule is CO[C@H]1CC[C@H]2[C@@H]3CC[C@H]4C[C@@](O)(C#Cc5ccccc5)CC[C@]4(C)[C@H]3CC[C@]12C. The molecule has 0 unspecified atom stereocenters.